The van der Waals surface area contributed by atoms with E-state index in [0.29, 0.717) is 19.5 Å². The molecule has 0 saturated heterocycles. The highest BCUT2D eigenvalue weighted by Crippen LogP contribution is 2.18. The lowest BCUT2D eigenvalue weighted by Crippen LogP contribution is -2.32. The number of hydrogen-bond acceptors (Lipinski definition) is 3. The van der Waals surface area contributed by atoms with Crippen LogP contribution in [0.25, 0.3) is 10.8 Å². The third-order valence-corrected chi connectivity index (χ3v) is 4.47. The molecule has 0 bridgehead atoms. The van der Waals surface area contributed by atoms with E-state index in [1.165, 1.54) is 0 Å². The molecule has 0 aromatic heterocycles. The van der Waals surface area contributed by atoms with Gasteiger partial charge in [-0.05, 0) is 34.4 Å². The largest absolute Gasteiger partial charge is 0.481 e. The standard InChI is InChI=1S/C23H23NO4/c25-22(26)11-6-14-24(23(27)28-17-18-7-2-1-3-8-18)16-19-12-13-20-9-4-5-10-21(20)15-19/h1-5,7-10,12-13,15H,6,11,14,16-17H2,(H,25,26). The lowest BCUT2D eigenvalue weighted by atomic mass is 10.1. The Morgan fingerprint density at radius 2 is 1.57 bits per heavy atom. The smallest absolute Gasteiger partial charge is 0.410 e. The molecule has 0 aliphatic carbocycles. The molecule has 0 aliphatic rings. The van der Waals surface area contributed by atoms with Gasteiger partial charge in [0.25, 0.3) is 0 Å². The second kappa shape index (κ2) is 9.55. The summed E-state index contributed by atoms with van der Waals surface area (Å²) in [6, 6.07) is 23.6. The van der Waals surface area contributed by atoms with Crippen molar-refractivity contribution in [2.24, 2.45) is 0 Å². The van der Waals surface area contributed by atoms with Crippen LogP contribution >= 0.6 is 0 Å². The average molecular weight is 377 g/mol. The summed E-state index contributed by atoms with van der Waals surface area (Å²) in [5.74, 6) is -0.872. The number of fused-ring (bicyclic) bond motifs is 1. The van der Waals surface area contributed by atoms with E-state index >= 15 is 0 Å². The Kier molecular flexibility index (Phi) is 6.63. The van der Waals surface area contributed by atoms with Crippen molar-refractivity contribution in [3.05, 3.63) is 83.9 Å². The molecule has 0 aliphatic heterocycles. The van der Waals surface area contributed by atoms with Gasteiger partial charge in [0, 0.05) is 19.5 Å². The summed E-state index contributed by atoms with van der Waals surface area (Å²) in [4.78, 5) is 25.0. The third kappa shape index (κ3) is 5.58. The lowest BCUT2D eigenvalue weighted by molar-refractivity contribution is -0.137. The number of amides is 1. The number of hydrogen-bond donors (Lipinski definition) is 1. The first-order valence-electron chi connectivity index (χ1n) is 9.27. The van der Waals surface area contributed by atoms with Crippen molar-refractivity contribution in [1.29, 1.82) is 0 Å². The van der Waals surface area contributed by atoms with Crippen LogP contribution in [0.4, 0.5) is 4.79 Å². The number of carboxylic acid groups (broad SMARTS) is 1. The highest BCUT2D eigenvalue weighted by molar-refractivity contribution is 5.83. The number of carbonyl (C=O) groups excluding carboxylic acids is 1. The molecule has 5 heteroatoms. The number of ether oxygens (including phenoxy) is 1. The molecule has 0 radical (unpaired) electrons. The van der Waals surface area contributed by atoms with Crippen LogP contribution in [0, 0.1) is 0 Å². The van der Waals surface area contributed by atoms with Gasteiger partial charge in [-0.25, -0.2) is 4.79 Å². The molecule has 0 heterocycles. The van der Waals surface area contributed by atoms with Crippen molar-refractivity contribution in [1.82, 2.24) is 4.90 Å². The predicted octanol–water partition coefficient (Wildman–Crippen LogP) is 4.84. The monoisotopic (exact) mass is 377 g/mol. The topological polar surface area (TPSA) is 66.8 Å². The summed E-state index contributed by atoms with van der Waals surface area (Å²) in [5, 5.41) is 11.1. The average Bonchev–Trinajstić information content (AvgIpc) is 2.71. The van der Waals surface area contributed by atoms with Crippen LogP contribution < -0.4 is 0 Å². The number of carbonyl (C=O) groups is 2. The first-order valence-corrected chi connectivity index (χ1v) is 9.27. The van der Waals surface area contributed by atoms with Crippen molar-refractivity contribution in [3.8, 4) is 0 Å². The molecule has 0 fully saturated rings. The van der Waals surface area contributed by atoms with Gasteiger partial charge < -0.3 is 14.7 Å². The molecule has 0 unspecified atom stereocenters. The van der Waals surface area contributed by atoms with Gasteiger partial charge >= 0.3 is 12.1 Å². The fraction of sp³-hybridized carbons (Fsp3) is 0.217. The molecule has 0 atom stereocenters. The normalized spacial score (nSPS) is 10.6. The Morgan fingerprint density at radius 3 is 2.32 bits per heavy atom. The minimum atomic E-state index is -0.872. The van der Waals surface area contributed by atoms with Crippen LogP contribution in [0.1, 0.15) is 24.0 Å². The summed E-state index contributed by atoms with van der Waals surface area (Å²) in [6.45, 7) is 0.887. The Morgan fingerprint density at radius 1 is 0.857 bits per heavy atom. The number of aliphatic carboxylic acids is 1. The van der Waals surface area contributed by atoms with Gasteiger partial charge in [0.05, 0.1) is 0 Å². The van der Waals surface area contributed by atoms with Gasteiger partial charge in [0.15, 0.2) is 0 Å². The fourth-order valence-electron chi connectivity index (χ4n) is 3.02. The van der Waals surface area contributed by atoms with Crippen molar-refractivity contribution in [3.63, 3.8) is 0 Å². The van der Waals surface area contributed by atoms with Crippen LogP contribution in [-0.2, 0) is 22.7 Å². The number of rotatable bonds is 8. The molecule has 28 heavy (non-hydrogen) atoms. The van der Waals surface area contributed by atoms with Gasteiger partial charge in [-0.3, -0.25) is 4.79 Å². The van der Waals surface area contributed by atoms with E-state index in [2.05, 4.69) is 0 Å². The first-order chi connectivity index (χ1) is 13.6. The van der Waals surface area contributed by atoms with Gasteiger partial charge in [-0.2, -0.15) is 0 Å². The van der Waals surface area contributed by atoms with Crippen LogP contribution in [0.2, 0.25) is 0 Å². The summed E-state index contributed by atoms with van der Waals surface area (Å²) >= 11 is 0. The SMILES string of the molecule is O=C(O)CCCN(Cc1ccc2ccccc2c1)C(=O)OCc1ccccc1. The van der Waals surface area contributed by atoms with Crippen molar-refractivity contribution < 1.29 is 19.4 Å². The van der Waals surface area contributed by atoms with E-state index in [9.17, 15) is 9.59 Å². The van der Waals surface area contributed by atoms with E-state index < -0.39 is 12.1 Å². The minimum Gasteiger partial charge on any atom is -0.481 e. The van der Waals surface area contributed by atoms with E-state index in [-0.39, 0.29) is 13.0 Å². The Labute approximate surface area is 164 Å². The van der Waals surface area contributed by atoms with Gasteiger partial charge in [0.2, 0.25) is 0 Å². The van der Waals surface area contributed by atoms with E-state index in [1.54, 1.807) is 4.90 Å². The summed E-state index contributed by atoms with van der Waals surface area (Å²) in [5.41, 5.74) is 1.89. The van der Waals surface area contributed by atoms with Gasteiger partial charge in [-0.15, -0.1) is 0 Å². The minimum absolute atomic E-state index is 0.0141. The molecule has 3 rings (SSSR count). The maximum atomic E-state index is 12.6. The molecular weight excluding hydrogens is 354 g/mol. The van der Waals surface area contributed by atoms with E-state index in [0.717, 1.165) is 21.9 Å². The number of nitrogens with zero attached hydrogens (tertiary/aromatic N) is 1. The molecule has 5 nitrogen and oxygen atoms in total. The molecule has 3 aromatic rings. The quantitative estimate of drug-likeness (QED) is 0.610. The number of benzene rings is 3. The summed E-state index contributed by atoms with van der Waals surface area (Å²) < 4.78 is 5.45. The molecule has 3 aromatic carbocycles. The Hall–Kier alpha value is -3.34. The second-order valence-electron chi connectivity index (χ2n) is 6.64. The van der Waals surface area contributed by atoms with Crippen LogP contribution in [-0.4, -0.2) is 28.6 Å². The fourth-order valence-corrected chi connectivity index (χ4v) is 3.02. The molecule has 0 saturated carbocycles. The highest BCUT2D eigenvalue weighted by atomic mass is 16.6. The van der Waals surface area contributed by atoms with Crippen molar-refractivity contribution in [2.45, 2.75) is 26.0 Å². The molecule has 1 amide bonds. The van der Waals surface area contributed by atoms with Crippen LogP contribution in [0.5, 0.6) is 0 Å². The molecule has 0 spiro atoms. The Balaban J connectivity index is 1.69. The van der Waals surface area contributed by atoms with Crippen LogP contribution in [0.3, 0.4) is 0 Å². The zero-order valence-corrected chi connectivity index (χ0v) is 15.6. The van der Waals surface area contributed by atoms with Crippen LogP contribution in [0.15, 0.2) is 72.8 Å². The van der Waals surface area contributed by atoms with E-state index in [4.69, 9.17) is 9.84 Å². The maximum absolute atomic E-state index is 12.6. The second-order valence-corrected chi connectivity index (χ2v) is 6.64. The lowest BCUT2D eigenvalue weighted by Gasteiger charge is -2.22. The van der Waals surface area contributed by atoms with Crippen molar-refractivity contribution in [2.75, 3.05) is 6.54 Å². The highest BCUT2D eigenvalue weighted by Gasteiger charge is 2.16. The van der Waals surface area contributed by atoms with Gasteiger partial charge in [0.1, 0.15) is 6.61 Å². The number of carboxylic acids is 1. The Bertz CT molecular complexity index is 939. The third-order valence-electron chi connectivity index (χ3n) is 4.47. The van der Waals surface area contributed by atoms with Crippen molar-refractivity contribution >= 4 is 22.8 Å². The first kappa shape index (κ1) is 19.4. The van der Waals surface area contributed by atoms with E-state index in [1.807, 2.05) is 72.8 Å². The summed E-state index contributed by atoms with van der Waals surface area (Å²) in [6.07, 6.45) is -0.0498. The zero-order valence-electron chi connectivity index (χ0n) is 15.6. The molecular formula is C23H23NO4. The maximum Gasteiger partial charge on any atom is 0.410 e. The summed E-state index contributed by atoms with van der Waals surface area (Å²) in [7, 11) is 0. The molecule has 1 N–H and O–H groups in total. The van der Waals surface area contributed by atoms with Gasteiger partial charge in [-0.1, -0.05) is 66.7 Å². The zero-order chi connectivity index (χ0) is 19.8. The predicted molar refractivity (Wildman–Crippen MR) is 108 cm³/mol. The molecule has 144 valence electrons.